The average Bonchev–Trinajstić information content (AvgIpc) is 2.43. The number of methoxy groups -OCH3 is 1. The average molecular weight is 244 g/mol. The first-order valence-electron chi connectivity index (χ1n) is 6.42. The number of ether oxygens (including phenoxy) is 1. The normalized spacial score (nSPS) is 12.8. The number of fused-ring (bicyclic) bond motifs is 1. The zero-order chi connectivity index (χ0) is 12.8. The zero-order valence-corrected chi connectivity index (χ0v) is 11.0. The second kappa shape index (κ2) is 6.47. The van der Waals surface area contributed by atoms with Crippen molar-refractivity contribution in [2.75, 3.05) is 20.3 Å². The molecule has 0 aliphatic carbocycles. The van der Waals surface area contributed by atoms with E-state index in [1.807, 2.05) is 12.3 Å². The number of nitrogens with zero attached hydrogens (tertiary/aromatic N) is 1. The van der Waals surface area contributed by atoms with Crippen molar-refractivity contribution in [3.8, 4) is 0 Å². The largest absolute Gasteiger partial charge is 0.383 e. The predicted molar refractivity (Wildman–Crippen MR) is 74.7 cm³/mol. The molecule has 2 aromatic rings. The number of hydrogen-bond acceptors (Lipinski definition) is 3. The van der Waals surface area contributed by atoms with Gasteiger partial charge in [-0.2, -0.15) is 0 Å². The lowest BCUT2D eigenvalue weighted by Gasteiger charge is -2.18. The van der Waals surface area contributed by atoms with Crippen LogP contribution >= 0.6 is 0 Å². The fourth-order valence-electron chi connectivity index (χ4n) is 2.07. The number of benzene rings is 1. The Morgan fingerprint density at radius 1 is 1.33 bits per heavy atom. The molecule has 1 heterocycles. The molecule has 1 unspecified atom stereocenters. The lowest BCUT2D eigenvalue weighted by Crippen LogP contribution is -2.25. The van der Waals surface area contributed by atoms with E-state index in [-0.39, 0.29) is 6.04 Å². The van der Waals surface area contributed by atoms with E-state index < -0.39 is 0 Å². The van der Waals surface area contributed by atoms with Crippen molar-refractivity contribution >= 4 is 10.9 Å². The molecule has 1 aromatic carbocycles. The van der Waals surface area contributed by atoms with Gasteiger partial charge in [-0.05, 0) is 36.7 Å². The fourth-order valence-corrected chi connectivity index (χ4v) is 2.07. The van der Waals surface area contributed by atoms with Crippen LogP contribution in [0.4, 0.5) is 0 Å². The molecular formula is C15H20N2O. The van der Waals surface area contributed by atoms with Gasteiger partial charge in [0, 0.05) is 18.7 Å². The van der Waals surface area contributed by atoms with Gasteiger partial charge in [0.05, 0.1) is 18.2 Å². The van der Waals surface area contributed by atoms with Crippen molar-refractivity contribution in [3.63, 3.8) is 0 Å². The molecule has 0 fully saturated rings. The molecule has 0 saturated heterocycles. The zero-order valence-electron chi connectivity index (χ0n) is 11.0. The molecule has 0 bridgehead atoms. The van der Waals surface area contributed by atoms with E-state index in [0.29, 0.717) is 6.61 Å². The van der Waals surface area contributed by atoms with Crippen LogP contribution in [-0.2, 0) is 4.74 Å². The first-order valence-corrected chi connectivity index (χ1v) is 6.42. The van der Waals surface area contributed by atoms with Gasteiger partial charge >= 0.3 is 0 Å². The Kier molecular flexibility index (Phi) is 4.67. The SMILES string of the molecule is CCCNC(COC)c1ccc2ncccc2c1. The van der Waals surface area contributed by atoms with Crippen molar-refractivity contribution in [1.29, 1.82) is 0 Å². The van der Waals surface area contributed by atoms with Crippen LogP contribution in [0, 0.1) is 0 Å². The van der Waals surface area contributed by atoms with E-state index >= 15 is 0 Å². The van der Waals surface area contributed by atoms with Crippen LogP contribution < -0.4 is 5.32 Å². The van der Waals surface area contributed by atoms with Gasteiger partial charge in [0.25, 0.3) is 0 Å². The minimum Gasteiger partial charge on any atom is -0.383 e. The van der Waals surface area contributed by atoms with Gasteiger partial charge < -0.3 is 10.1 Å². The molecule has 3 heteroatoms. The van der Waals surface area contributed by atoms with E-state index in [9.17, 15) is 0 Å². The van der Waals surface area contributed by atoms with Gasteiger partial charge in [-0.25, -0.2) is 0 Å². The summed E-state index contributed by atoms with van der Waals surface area (Å²) in [4.78, 5) is 4.34. The summed E-state index contributed by atoms with van der Waals surface area (Å²) in [5, 5.41) is 4.68. The molecule has 0 aliphatic rings. The number of pyridine rings is 1. The summed E-state index contributed by atoms with van der Waals surface area (Å²) in [6.07, 6.45) is 2.94. The third kappa shape index (κ3) is 3.06. The summed E-state index contributed by atoms with van der Waals surface area (Å²) in [5.41, 5.74) is 2.29. The molecule has 0 spiro atoms. The number of hydrogen-bond donors (Lipinski definition) is 1. The fraction of sp³-hybridized carbons (Fsp3) is 0.400. The molecule has 0 aliphatic heterocycles. The molecule has 96 valence electrons. The van der Waals surface area contributed by atoms with Crippen LogP contribution in [0.1, 0.15) is 24.9 Å². The van der Waals surface area contributed by atoms with E-state index in [1.54, 1.807) is 7.11 Å². The van der Waals surface area contributed by atoms with Crippen LogP contribution in [-0.4, -0.2) is 25.2 Å². The molecule has 2 rings (SSSR count). The Labute approximate surface area is 108 Å². The third-order valence-electron chi connectivity index (χ3n) is 3.00. The van der Waals surface area contributed by atoms with Crippen LogP contribution in [0.5, 0.6) is 0 Å². The summed E-state index contributed by atoms with van der Waals surface area (Å²) in [5.74, 6) is 0. The van der Waals surface area contributed by atoms with Crippen LogP contribution in [0.15, 0.2) is 36.5 Å². The molecule has 18 heavy (non-hydrogen) atoms. The smallest absolute Gasteiger partial charge is 0.0702 e. The van der Waals surface area contributed by atoms with E-state index in [4.69, 9.17) is 4.74 Å². The second-order valence-electron chi connectivity index (χ2n) is 4.42. The molecule has 1 atom stereocenters. The van der Waals surface area contributed by atoms with Crippen LogP contribution in [0.2, 0.25) is 0 Å². The maximum atomic E-state index is 5.29. The minimum atomic E-state index is 0.250. The minimum absolute atomic E-state index is 0.250. The van der Waals surface area contributed by atoms with Crippen molar-refractivity contribution in [3.05, 3.63) is 42.1 Å². The summed E-state index contributed by atoms with van der Waals surface area (Å²) in [6, 6.07) is 10.7. The Morgan fingerprint density at radius 3 is 3.00 bits per heavy atom. The number of rotatable bonds is 6. The van der Waals surface area contributed by atoms with Gasteiger partial charge in [-0.3, -0.25) is 4.98 Å². The maximum Gasteiger partial charge on any atom is 0.0702 e. The van der Waals surface area contributed by atoms with Gasteiger partial charge in [-0.15, -0.1) is 0 Å². The predicted octanol–water partition coefficient (Wildman–Crippen LogP) is 2.92. The summed E-state index contributed by atoms with van der Waals surface area (Å²) in [6.45, 7) is 3.85. The number of nitrogens with one attached hydrogen (secondary N) is 1. The van der Waals surface area contributed by atoms with Crippen molar-refractivity contribution in [2.24, 2.45) is 0 Å². The molecular weight excluding hydrogens is 224 g/mol. The topological polar surface area (TPSA) is 34.1 Å². The van der Waals surface area contributed by atoms with Gasteiger partial charge in [0.1, 0.15) is 0 Å². The maximum absolute atomic E-state index is 5.29. The van der Waals surface area contributed by atoms with E-state index in [1.165, 1.54) is 10.9 Å². The first-order chi connectivity index (χ1) is 8.85. The standard InChI is InChI=1S/C15H20N2O/c1-3-8-16-15(11-18-2)13-6-7-14-12(10-13)5-4-9-17-14/h4-7,9-10,15-16H,3,8,11H2,1-2H3. The van der Waals surface area contributed by atoms with Gasteiger partial charge in [0.15, 0.2) is 0 Å². The van der Waals surface area contributed by atoms with Crippen LogP contribution in [0.3, 0.4) is 0 Å². The quantitative estimate of drug-likeness (QED) is 0.848. The Hall–Kier alpha value is -1.45. The number of aromatic nitrogens is 1. The Morgan fingerprint density at radius 2 is 2.22 bits per heavy atom. The molecule has 0 saturated carbocycles. The highest BCUT2D eigenvalue weighted by molar-refractivity contribution is 5.79. The monoisotopic (exact) mass is 244 g/mol. The van der Waals surface area contributed by atoms with Crippen LogP contribution in [0.25, 0.3) is 10.9 Å². The van der Waals surface area contributed by atoms with Gasteiger partial charge in [-0.1, -0.05) is 19.1 Å². The Bertz CT molecular complexity index is 499. The van der Waals surface area contributed by atoms with Gasteiger partial charge in [0.2, 0.25) is 0 Å². The van der Waals surface area contributed by atoms with Crippen molar-refractivity contribution < 1.29 is 4.74 Å². The second-order valence-corrected chi connectivity index (χ2v) is 4.42. The summed E-state index contributed by atoms with van der Waals surface area (Å²) < 4.78 is 5.29. The van der Waals surface area contributed by atoms with Crippen molar-refractivity contribution in [2.45, 2.75) is 19.4 Å². The highest BCUT2D eigenvalue weighted by Crippen LogP contribution is 2.19. The highest BCUT2D eigenvalue weighted by atomic mass is 16.5. The van der Waals surface area contributed by atoms with E-state index in [2.05, 4.69) is 41.5 Å². The molecule has 0 radical (unpaired) electrons. The molecule has 1 N–H and O–H groups in total. The molecule has 1 aromatic heterocycles. The van der Waals surface area contributed by atoms with E-state index in [0.717, 1.165) is 18.5 Å². The summed E-state index contributed by atoms with van der Waals surface area (Å²) >= 11 is 0. The molecule has 3 nitrogen and oxygen atoms in total. The Balaban J connectivity index is 2.25. The highest BCUT2D eigenvalue weighted by Gasteiger charge is 2.10. The first kappa shape index (κ1) is 13.0. The summed E-state index contributed by atoms with van der Waals surface area (Å²) in [7, 11) is 1.74. The lowest BCUT2D eigenvalue weighted by atomic mass is 10.0. The molecule has 0 amide bonds. The lowest BCUT2D eigenvalue weighted by molar-refractivity contribution is 0.167. The third-order valence-corrected chi connectivity index (χ3v) is 3.00. The van der Waals surface area contributed by atoms with Crippen molar-refractivity contribution in [1.82, 2.24) is 10.3 Å².